The van der Waals surface area contributed by atoms with Gasteiger partial charge in [-0.05, 0) is 31.4 Å². The van der Waals surface area contributed by atoms with Crippen molar-refractivity contribution >= 4 is 35.1 Å². The molecular formula is C27H21ClFN9O3. The van der Waals surface area contributed by atoms with Crippen LogP contribution >= 0.6 is 11.6 Å². The van der Waals surface area contributed by atoms with Crippen molar-refractivity contribution in [3.63, 3.8) is 0 Å². The average molecular weight is 574 g/mol. The zero-order valence-corrected chi connectivity index (χ0v) is 22.2. The monoisotopic (exact) mass is 573 g/mol. The molecule has 2 fully saturated rings. The standard InChI is InChI=1S/C27H21ClFN9O3/c1-13-24(36-20(9-31-13)22-14(5-30)2-3-19(28)23(22)29)25(40)35-17-8-34-38(11-17)21(12-39)16-6-32-27(33-7-16)37-10-15-4-18(15)26(37)41/h2-3,6-9,11,15,18,21,39H,4,10,12H2,1H3,(H,35,40)/t15-,18-,21?/m1/s1. The average Bonchev–Trinajstić information content (AvgIpc) is 3.49. The molecule has 12 nitrogen and oxygen atoms in total. The third-order valence-corrected chi connectivity index (χ3v) is 7.49. The summed E-state index contributed by atoms with van der Waals surface area (Å²) in [6, 6.07) is 3.87. The van der Waals surface area contributed by atoms with Crippen LogP contribution in [0.3, 0.4) is 0 Å². The van der Waals surface area contributed by atoms with Crippen molar-refractivity contribution in [3.8, 4) is 17.3 Å². The number of amides is 2. The molecule has 0 bridgehead atoms. The number of nitrogens with zero attached hydrogens (tertiary/aromatic N) is 8. The van der Waals surface area contributed by atoms with Gasteiger partial charge in [-0.15, -0.1) is 0 Å². The van der Waals surface area contributed by atoms with Crippen LogP contribution in [0.1, 0.15) is 39.8 Å². The normalized spacial score (nSPS) is 18.1. The number of benzene rings is 1. The quantitative estimate of drug-likeness (QED) is 0.338. The Hall–Kier alpha value is -4.80. The maximum atomic E-state index is 14.8. The lowest BCUT2D eigenvalue weighted by Crippen LogP contribution is -2.29. The van der Waals surface area contributed by atoms with E-state index in [1.165, 1.54) is 47.8 Å². The Morgan fingerprint density at radius 2 is 2.05 bits per heavy atom. The van der Waals surface area contributed by atoms with Gasteiger partial charge in [0.1, 0.15) is 11.7 Å². The molecule has 2 amide bonds. The minimum Gasteiger partial charge on any atom is -0.394 e. The van der Waals surface area contributed by atoms with Gasteiger partial charge in [0.2, 0.25) is 11.9 Å². The first kappa shape index (κ1) is 26.4. The van der Waals surface area contributed by atoms with Crippen molar-refractivity contribution in [1.29, 1.82) is 5.26 Å². The minimum absolute atomic E-state index is 0.00613. The van der Waals surface area contributed by atoms with E-state index in [1.807, 2.05) is 6.07 Å². The van der Waals surface area contributed by atoms with Gasteiger partial charge in [0, 0.05) is 36.6 Å². The smallest absolute Gasteiger partial charge is 0.276 e. The highest BCUT2D eigenvalue weighted by molar-refractivity contribution is 6.31. The Morgan fingerprint density at radius 1 is 1.27 bits per heavy atom. The Balaban J connectivity index is 1.20. The molecule has 3 aromatic heterocycles. The first-order valence-electron chi connectivity index (χ1n) is 12.6. The van der Waals surface area contributed by atoms with Crippen LogP contribution < -0.4 is 10.2 Å². The van der Waals surface area contributed by atoms with Gasteiger partial charge in [-0.1, -0.05) is 11.6 Å². The van der Waals surface area contributed by atoms with Gasteiger partial charge in [0.05, 0.1) is 58.3 Å². The van der Waals surface area contributed by atoms with Gasteiger partial charge < -0.3 is 10.4 Å². The van der Waals surface area contributed by atoms with Crippen molar-refractivity contribution in [2.75, 3.05) is 23.4 Å². The number of halogens is 2. The zero-order valence-electron chi connectivity index (χ0n) is 21.5. The number of piperidine rings is 1. The summed E-state index contributed by atoms with van der Waals surface area (Å²) in [6.45, 7) is 1.86. The highest BCUT2D eigenvalue weighted by atomic mass is 35.5. The Labute approximate surface area is 237 Å². The number of hydrogen-bond donors (Lipinski definition) is 2. The molecule has 1 aromatic carbocycles. The molecule has 41 heavy (non-hydrogen) atoms. The van der Waals surface area contributed by atoms with E-state index in [1.54, 1.807) is 11.8 Å². The summed E-state index contributed by atoms with van der Waals surface area (Å²) >= 11 is 5.91. The van der Waals surface area contributed by atoms with E-state index in [2.05, 4.69) is 30.4 Å². The lowest BCUT2D eigenvalue weighted by molar-refractivity contribution is -0.118. The lowest BCUT2D eigenvalue weighted by atomic mass is 10.0. The van der Waals surface area contributed by atoms with E-state index in [0.29, 0.717) is 29.7 Å². The summed E-state index contributed by atoms with van der Waals surface area (Å²) in [5.41, 5.74) is 0.859. The number of aryl methyl sites for hydroxylation is 1. The molecule has 3 atom stereocenters. The van der Waals surface area contributed by atoms with E-state index in [-0.39, 0.29) is 51.7 Å². The minimum atomic E-state index is -0.841. The summed E-state index contributed by atoms with van der Waals surface area (Å²) in [7, 11) is 0. The molecule has 1 unspecified atom stereocenters. The molecule has 1 saturated heterocycles. The predicted octanol–water partition coefficient (Wildman–Crippen LogP) is 2.92. The second-order valence-corrected chi connectivity index (χ2v) is 10.2. The first-order chi connectivity index (χ1) is 19.8. The number of rotatable bonds is 7. The number of hydrogen-bond acceptors (Lipinski definition) is 9. The maximum absolute atomic E-state index is 14.8. The number of fused-ring (bicyclic) bond motifs is 1. The van der Waals surface area contributed by atoms with Gasteiger partial charge in [-0.3, -0.25) is 24.2 Å². The topological polar surface area (TPSA) is 163 Å². The van der Waals surface area contributed by atoms with Crippen LogP contribution in [0.2, 0.25) is 5.02 Å². The predicted molar refractivity (Wildman–Crippen MR) is 143 cm³/mol. The molecular weight excluding hydrogens is 553 g/mol. The van der Waals surface area contributed by atoms with Crippen molar-refractivity contribution in [2.24, 2.45) is 11.8 Å². The largest absolute Gasteiger partial charge is 0.394 e. The third kappa shape index (κ3) is 4.77. The van der Waals surface area contributed by atoms with Crippen LogP contribution in [0.15, 0.2) is 43.1 Å². The van der Waals surface area contributed by atoms with Crippen LogP contribution in [-0.4, -0.2) is 59.8 Å². The molecule has 4 aromatic rings. The zero-order chi connectivity index (χ0) is 28.8. The highest BCUT2D eigenvalue weighted by Crippen LogP contribution is 2.46. The third-order valence-electron chi connectivity index (χ3n) is 7.20. The fourth-order valence-corrected chi connectivity index (χ4v) is 5.04. The molecule has 2 N–H and O–H groups in total. The van der Waals surface area contributed by atoms with Crippen molar-refractivity contribution in [3.05, 3.63) is 76.5 Å². The highest BCUT2D eigenvalue weighted by Gasteiger charge is 2.53. The number of carbonyl (C=O) groups is 2. The van der Waals surface area contributed by atoms with Crippen LogP contribution in [0.4, 0.5) is 16.0 Å². The summed E-state index contributed by atoms with van der Waals surface area (Å²) in [5, 5.41) is 26.2. The van der Waals surface area contributed by atoms with Gasteiger partial charge >= 0.3 is 0 Å². The summed E-state index contributed by atoms with van der Waals surface area (Å²) in [5.74, 6) is -0.631. The molecule has 0 spiro atoms. The van der Waals surface area contributed by atoms with E-state index >= 15 is 0 Å². The first-order valence-corrected chi connectivity index (χ1v) is 13.0. The summed E-state index contributed by atoms with van der Waals surface area (Å²) < 4.78 is 16.2. The van der Waals surface area contributed by atoms with Crippen LogP contribution in [-0.2, 0) is 4.79 Å². The molecule has 206 valence electrons. The van der Waals surface area contributed by atoms with Gasteiger partial charge in [-0.25, -0.2) is 19.3 Å². The molecule has 4 heterocycles. The molecule has 0 radical (unpaired) electrons. The molecule has 1 saturated carbocycles. The summed E-state index contributed by atoms with van der Waals surface area (Å²) in [4.78, 5) is 44.1. The molecule has 1 aliphatic heterocycles. The van der Waals surface area contributed by atoms with E-state index in [0.717, 1.165) is 6.42 Å². The second kappa shape index (κ2) is 10.3. The number of anilines is 2. The Morgan fingerprint density at radius 3 is 2.73 bits per heavy atom. The van der Waals surface area contributed by atoms with Crippen molar-refractivity contribution in [2.45, 2.75) is 19.4 Å². The van der Waals surface area contributed by atoms with E-state index in [9.17, 15) is 24.3 Å². The fourth-order valence-electron chi connectivity index (χ4n) is 4.88. The number of aliphatic hydroxyl groups is 1. The van der Waals surface area contributed by atoms with Crippen molar-refractivity contribution in [1.82, 2.24) is 29.7 Å². The maximum Gasteiger partial charge on any atom is 0.276 e. The van der Waals surface area contributed by atoms with Gasteiger partial charge in [0.25, 0.3) is 5.91 Å². The fraction of sp³-hybridized carbons (Fsp3) is 0.259. The Kier molecular flexibility index (Phi) is 6.64. The number of aliphatic hydroxyl groups excluding tert-OH is 1. The molecule has 14 heteroatoms. The van der Waals surface area contributed by atoms with Crippen molar-refractivity contribution < 1.29 is 19.1 Å². The molecule has 1 aliphatic carbocycles. The van der Waals surface area contributed by atoms with Crippen LogP contribution in [0, 0.1) is 35.9 Å². The second-order valence-electron chi connectivity index (χ2n) is 9.81. The number of aromatic nitrogens is 6. The van der Waals surface area contributed by atoms with E-state index < -0.39 is 17.8 Å². The number of carbonyl (C=O) groups excluding carboxylic acids is 2. The van der Waals surface area contributed by atoms with E-state index in [4.69, 9.17) is 11.6 Å². The van der Waals surface area contributed by atoms with Gasteiger partial charge in [-0.2, -0.15) is 10.4 Å². The SMILES string of the molecule is Cc1ncc(-c2c(C#N)ccc(Cl)c2F)nc1C(=O)Nc1cnn(C(CO)c2cnc(N3C[C@H]4C[C@H]4C3=O)nc2)c1. The molecule has 6 rings (SSSR count). The van der Waals surface area contributed by atoms with Crippen LogP contribution in [0.25, 0.3) is 11.3 Å². The van der Waals surface area contributed by atoms with Gasteiger partial charge in [0.15, 0.2) is 5.82 Å². The van der Waals surface area contributed by atoms with Crippen LogP contribution in [0.5, 0.6) is 0 Å². The summed E-state index contributed by atoms with van der Waals surface area (Å²) in [6.07, 6.45) is 8.17. The Bertz CT molecular complexity index is 1740. The number of nitrogens with one attached hydrogen (secondary N) is 1. The molecule has 2 aliphatic rings. The lowest BCUT2D eigenvalue weighted by Gasteiger charge is -2.18. The number of nitriles is 1.